The second kappa shape index (κ2) is 6.01. The van der Waals surface area contributed by atoms with Crippen molar-refractivity contribution in [3.63, 3.8) is 0 Å². The Hall–Kier alpha value is -1.22. The molecule has 0 aromatic heterocycles. The van der Waals surface area contributed by atoms with Crippen molar-refractivity contribution >= 4 is 17.4 Å². The van der Waals surface area contributed by atoms with E-state index in [1.165, 1.54) is 5.56 Å². The largest absolute Gasteiger partial charge is 0.449 e. The van der Waals surface area contributed by atoms with Gasteiger partial charge in [-0.25, -0.2) is 0 Å². The number of halogens is 1. The maximum atomic E-state index is 11.9. The minimum Gasteiger partial charge on any atom is -0.449 e. The topological polar surface area (TPSA) is 35.5 Å². The van der Waals surface area contributed by atoms with Gasteiger partial charge in [-0.05, 0) is 22.5 Å². The molecule has 2 rings (SSSR count). The highest BCUT2D eigenvalue weighted by Crippen LogP contribution is 2.46. The van der Waals surface area contributed by atoms with Crippen LogP contribution in [-0.2, 0) is 15.6 Å². The number of hydrogen-bond donors (Lipinski definition) is 0. The molecule has 23 heavy (non-hydrogen) atoms. The molecular weight excluding hydrogens is 312 g/mol. The van der Waals surface area contributed by atoms with Crippen molar-refractivity contribution in [3.8, 4) is 11.5 Å². The lowest BCUT2D eigenvalue weighted by atomic mass is 9.80. The molecule has 2 atom stereocenters. The molecular formula is C19H27ClO3. The minimum atomic E-state index is -0.793. The van der Waals surface area contributed by atoms with Gasteiger partial charge in [-0.3, -0.25) is 4.79 Å². The molecule has 0 N–H and O–H groups in total. The summed E-state index contributed by atoms with van der Waals surface area (Å²) >= 11 is 6.22. The van der Waals surface area contributed by atoms with Gasteiger partial charge in [0.2, 0.25) is 0 Å². The normalized spacial score (nSPS) is 18.9. The van der Waals surface area contributed by atoms with E-state index in [0.29, 0.717) is 17.9 Å². The average molecular weight is 339 g/mol. The van der Waals surface area contributed by atoms with E-state index in [4.69, 9.17) is 21.1 Å². The van der Waals surface area contributed by atoms with Gasteiger partial charge in [0.25, 0.3) is 6.29 Å². The van der Waals surface area contributed by atoms with Crippen molar-refractivity contribution in [2.24, 2.45) is 0 Å². The Kier molecular flexibility index (Phi) is 4.74. The van der Waals surface area contributed by atoms with Gasteiger partial charge in [0.05, 0.1) is 0 Å². The van der Waals surface area contributed by atoms with Gasteiger partial charge in [-0.2, -0.15) is 0 Å². The minimum absolute atomic E-state index is 0.00389. The monoisotopic (exact) mass is 338 g/mol. The molecule has 3 nitrogen and oxygen atoms in total. The molecule has 0 radical (unpaired) electrons. The smallest absolute Gasteiger partial charge is 0.264 e. The summed E-state index contributed by atoms with van der Waals surface area (Å²) in [4.78, 5) is 11.9. The summed E-state index contributed by atoms with van der Waals surface area (Å²) in [6.07, 6.45) is -0.386. The van der Waals surface area contributed by atoms with Crippen molar-refractivity contribution < 1.29 is 14.3 Å². The van der Waals surface area contributed by atoms with E-state index < -0.39 is 11.7 Å². The Bertz CT molecular complexity index is 608. The molecule has 0 fully saturated rings. The van der Waals surface area contributed by atoms with Crippen LogP contribution in [0, 0.1) is 0 Å². The van der Waals surface area contributed by atoms with E-state index in [-0.39, 0.29) is 16.6 Å². The highest BCUT2D eigenvalue weighted by atomic mass is 35.5. The lowest BCUT2D eigenvalue weighted by molar-refractivity contribution is -0.122. The number of carbonyl (C=O) groups excluding carboxylic acids is 1. The third-order valence-corrected chi connectivity index (χ3v) is 4.55. The SMILES string of the molecule is CCC(=O)C(Cl)C1Oc2cc(C(C)(C)C)cc(C(C)(C)C)c2O1. The molecule has 1 heterocycles. The average Bonchev–Trinajstić information content (AvgIpc) is 2.86. The van der Waals surface area contributed by atoms with Crippen LogP contribution < -0.4 is 9.47 Å². The van der Waals surface area contributed by atoms with Crippen LogP contribution in [0.4, 0.5) is 0 Å². The van der Waals surface area contributed by atoms with E-state index in [9.17, 15) is 4.79 Å². The van der Waals surface area contributed by atoms with Gasteiger partial charge in [0.15, 0.2) is 22.7 Å². The summed E-state index contributed by atoms with van der Waals surface area (Å²) < 4.78 is 11.8. The second-order valence-corrected chi connectivity index (χ2v) is 8.65. The number of rotatable bonds is 3. The highest BCUT2D eigenvalue weighted by molar-refractivity contribution is 6.31. The van der Waals surface area contributed by atoms with Crippen LogP contribution >= 0.6 is 11.6 Å². The van der Waals surface area contributed by atoms with Crippen LogP contribution in [0.3, 0.4) is 0 Å². The zero-order chi connectivity index (χ0) is 17.6. The van der Waals surface area contributed by atoms with Gasteiger partial charge in [-0.15, -0.1) is 11.6 Å². The summed E-state index contributed by atoms with van der Waals surface area (Å²) in [6, 6.07) is 4.18. The third kappa shape index (κ3) is 3.65. The Morgan fingerprint density at radius 3 is 2.22 bits per heavy atom. The van der Waals surface area contributed by atoms with Crippen molar-refractivity contribution in [3.05, 3.63) is 23.3 Å². The lowest BCUT2D eigenvalue weighted by Crippen LogP contribution is -2.35. The van der Waals surface area contributed by atoms with Crippen LogP contribution in [0.15, 0.2) is 12.1 Å². The zero-order valence-corrected chi connectivity index (χ0v) is 15.9. The van der Waals surface area contributed by atoms with Crippen molar-refractivity contribution in [1.82, 2.24) is 0 Å². The van der Waals surface area contributed by atoms with Crippen molar-refractivity contribution in [2.75, 3.05) is 0 Å². The van der Waals surface area contributed by atoms with Crippen molar-refractivity contribution in [2.45, 2.75) is 77.4 Å². The molecule has 1 aliphatic heterocycles. The van der Waals surface area contributed by atoms with Crippen LogP contribution in [0.2, 0.25) is 0 Å². The molecule has 0 bridgehead atoms. The van der Waals surface area contributed by atoms with Gasteiger partial charge < -0.3 is 9.47 Å². The number of ether oxygens (including phenoxy) is 2. The fourth-order valence-corrected chi connectivity index (χ4v) is 2.79. The summed E-state index contributed by atoms with van der Waals surface area (Å²) in [7, 11) is 0. The molecule has 128 valence electrons. The van der Waals surface area contributed by atoms with Crippen LogP contribution in [-0.4, -0.2) is 17.5 Å². The Morgan fingerprint density at radius 2 is 1.74 bits per heavy atom. The fraction of sp³-hybridized carbons (Fsp3) is 0.632. The van der Waals surface area contributed by atoms with E-state index in [0.717, 1.165) is 5.56 Å². The fourth-order valence-electron chi connectivity index (χ4n) is 2.53. The van der Waals surface area contributed by atoms with Gasteiger partial charge in [0.1, 0.15) is 0 Å². The Labute approximate surface area is 144 Å². The van der Waals surface area contributed by atoms with E-state index >= 15 is 0 Å². The number of fused-ring (bicyclic) bond motifs is 1. The predicted molar refractivity (Wildman–Crippen MR) is 93.8 cm³/mol. The standard InChI is InChI=1S/C19H27ClO3/c1-8-13(21)15(20)17-22-14-10-11(18(2,3)4)9-12(16(14)23-17)19(5,6)7/h9-10,15,17H,8H2,1-7H3. The molecule has 1 aromatic rings. The Morgan fingerprint density at radius 1 is 1.13 bits per heavy atom. The maximum Gasteiger partial charge on any atom is 0.264 e. The predicted octanol–water partition coefficient (Wildman–Crippen LogP) is 4.97. The van der Waals surface area contributed by atoms with E-state index in [1.807, 2.05) is 6.07 Å². The van der Waals surface area contributed by atoms with E-state index in [2.05, 4.69) is 47.6 Å². The van der Waals surface area contributed by atoms with Crippen LogP contribution in [0.1, 0.15) is 66.0 Å². The highest BCUT2D eigenvalue weighted by Gasteiger charge is 2.38. The molecule has 0 amide bonds. The summed E-state index contributed by atoms with van der Waals surface area (Å²) in [5.41, 5.74) is 2.16. The molecule has 1 aliphatic rings. The quantitative estimate of drug-likeness (QED) is 0.730. The van der Waals surface area contributed by atoms with Gasteiger partial charge in [0, 0.05) is 12.0 Å². The lowest BCUT2D eigenvalue weighted by Gasteiger charge is -2.26. The number of alkyl halides is 1. The molecule has 0 saturated carbocycles. The molecule has 4 heteroatoms. The van der Waals surface area contributed by atoms with E-state index in [1.54, 1.807) is 6.92 Å². The first-order valence-electron chi connectivity index (χ1n) is 8.14. The molecule has 2 unspecified atom stereocenters. The molecule has 0 saturated heterocycles. The Balaban J connectivity index is 2.47. The zero-order valence-electron chi connectivity index (χ0n) is 15.1. The molecule has 0 aliphatic carbocycles. The first-order valence-corrected chi connectivity index (χ1v) is 8.58. The number of Topliss-reactive ketones (excluding diaryl/α,β-unsaturated/α-hetero) is 1. The summed E-state index contributed by atoms with van der Waals surface area (Å²) in [6.45, 7) is 14.7. The molecule has 1 aromatic carbocycles. The van der Waals surface area contributed by atoms with Gasteiger partial charge in [-0.1, -0.05) is 54.5 Å². The number of benzene rings is 1. The summed E-state index contributed by atoms with van der Waals surface area (Å²) in [5, 5.41) is -0.793. The number of hydrogen-bond acceptors (Lipinski definition) is 3. The maximum absolute atomic E-state index is 11.9. The summed E-state index contributed by atoms with van der Waals surface area (Å²) in [5.74, 6) is 1.32. The molecule has 0 spiro atoms. The van der Waals surface area contributed by atoms with Gasteiger partial charge >= 0.3 is 0 Å². The second-order valence-electron chi connectivity index (χ2n) is 8.18. The first kappa shape index (κ1) is 18.1. The third-order valence-electron chi connectivity index (χ3n) is 4.10. The number of ketones is 1. The van der Waals surface area contributed by atoms with Crippen LogP contribution in [0.25, 0.3) is 0 Å². The van der Waals surface area contributed by atoms with Crippen molar-refractivity contribution in [1.29, 1.82) is 0 Å². The first-order chi connectivity index (χ1) is 10.4. The van der Waals surface area contributed by atoms with Crippen LogP contribution in [0.5, 0.6) is 11.5 Å². The number of carbonyl (C=O) groups is 1.